The van der Waals surface area contributed by atoms with Gasteiger partial charge in [-0.25, -0.2) is 4.79 Å². The first-order valence-electron chi connectivity index (χ1n) is 8.12. The molecule has 2 N–H and O–H groups in total. The van der Waals surface area contributed by atoms with E-state index in [1.54, 1.807) is 12.1 Å². The molecule has 0 bridgehead atoms. The first kappa shape index (κ1) is 18.7. The molecule has 0 radical (unpaired) electrons. The van der Waals surface area contributed by atoms with Gasteiger partial charge in [0.05, 0.1) is 22.5 Å². The second-order valence-electron chi connectivity index (χ2n) is 5.80. The topological polar surface area (TPSA) is 145 Å². The number of amides is 2. The minimum absolute atomic E-state index is 0.169. The number of fused-ring (bicyclic) bond motifs is 1. The van der Waals surface area contributed by atoms with Gasteiger partial charge in [-0.2, -0.15) is 0 Å². The van der Waals surface area contributed by atoms with E-state index in [0.29, 0.717) is 0 Å². The van der Waals surface area contributed by atoms with E-state index in [9.17, 15) is 24.5 Å². The zero-order chi connectivity index (χ0) is 20.3. The third kappa shape index (κ3) is 3.70. The molecule has 142 valence electrons. The number of nitrogens with zero attached hydrogens (tertiary/aromatic N) is 3. The summed E-state index contributed by atoms with van der Waals surface area (Å²) in [7, 11) is 0. The molecular weight excluding hydrogens is 368 g/mol. The highest BCUT2D eigenvalue weighted by Gasteiger charge is 2.35. The Morgan fingerprint density at radius 1 is 1.11 bits per heavy atom. The van der Waals surface area contributed by atoms with Crippen molar-refractivity contribution in [2.45, 2.75) is 6.42 Å². The zero-order valence-corrected chi connectivity index (χ0v) is 14.4. The van der Waals surface area contributed by atoms with Crippen LogP contribution in [0, 0.1) is 10.1 Å². The molecule has 0 aliphatic carbocycles. The first-order chi connectivity index (χ1) is 13.4. The number of nitrogens with two attached hydrogens (primary N) is 1. The number of benzene rings is 2. The molecule has 2 amide bonds. The van der Waals surface area contributed by atoms with Crippen LogP contribution in [0.25, 0.3) is 0 Å². The van der Waals surface area contributed by atoms with Gasteiger partial charge < -0.3 is 10.6 Å². The number of non-ortho nitro benzene ring substituents is 1. The van der Waals surface area contributed by atoms with Crippen LogP contribution in [0.1, 0.15) is 32.7 Å². The van der Waals surface area contributed by atoms with E-state index < -0.39 is 22.7 Å². The van der Waals surface area contributed by atoms with Gasteiger partial charge in [-0.15, -0.1) is 0 Å². The van der Waals surface area contributed by atoms with Crippen LogP contribution in [0.4, 0.5) is 5.69 Å². The number of rotatable bonds is 6. The van der Waals surface area contributed by atoms with E-state index in [1.807, 2.05) is 0 Å². The molecule has 0 atom stereocenters. The van der Waals surface area contributed by atoms with Crippen LogP contribution in [0.3, 0.4) is 0 Å². The summed E-state index contributed by atoms with van der Waals surface area (Å²) in [6.45, 7) is -0.169. The van der Waals surface area contributed by atoms with Crippen molar-refractivity contribution in [3.05, 3.63) is 75.3 Å². The number of imide groups is 1. The minimum Gasteiger partial charge on any atom is -0.380 e. The van der Waals surface area contributed by atoms with E-state index in [-0.39, 0.29) is 41.2 Å². The molecule has 28 heavy (non-hydrogen) atoms. The smallest absolute Gasteiger partial charge is 0.336 e. The second-order valence-corrected chi connectivity index (χ2v) is 5.80. The lowest BCUT2D eigenvalue weighted by atomic mass is 10.1. The van der Waals surface area contributed by atoms with E-state index in [1.165, 1.54) is 36.4 Å². The Labute approximate surface area is 158 Å². The van der Waals surface area contributed by atoms with E-state index in [4.69, 9.17) is 5.73 Å². The number of nitro groups is 1. The lowest BCUT2D eigenvalue weighted by Gasteiger charge is -2.12. The molecule has 10 heteroatoms. The Morgan fingerprint density at radius 2 is 1.75 bits per heavy atom. The van der Waals surface area contributed by atoms with Gasteiger partial charge in [-0.1, -0.05) is 29.4 Å². The van der Waals surface area contributed by atoms with Crippen molar-refractivity contribution in [1.82, 2.24) is 4.90 Å². The summed E-state index contributed by atoms with van der Waals surface area (Å²) in [5.41, 5.74) is 6.26. The Balaban J connectivity index is 1.59. The van der Waals surface area contributed by atoms with Gasteiger partial charge in [-0.05, 0) is 12.1 Å². The Morgan fingerprint density at radius 3 is 2.36 bits per heavy atom. The van der Waals surface area contributed by atoms with E-state index >= 15 is 0 Å². The highest BCUT2D eigenvalue weighted by molar-refractivity contribution is 6.21. The molecule has 1 aliphatic rings. The van der Waals surface area contributed by atoms with Crippen molar-refractivity contribution in [3.8, 4) is 0 Å². The number of carbonyl (C=O) groups excluding carboxylic acids is 3. The van der Waals surface area contributed by atoms with Crippen LogP contribution in [0.15, 0.2) is 53.7 Å². The van der Waals surface area contributed by atoms with E-state index in [0.717, 1.165) is 4.90 Å². The summed E-state index contributed by atoms with van der Waals surface area (Å²) in [4.78, 5) is 52.1. The van der Waals surface area contributed by atoms with Gasteiger partial charge in [0.1, 0.15) is 0 Å². The van der Waals surface area contributed by atoms with Crippen molar-refractivity contribution in [2.75, 3.05) is 6.54 Å². The van der Waals surface area contributed by atoms with Gasteiger partial charge in [0.15, 0.2) is 5.84 Å². The molecule has 2 aromatic rings. The molecule has 10 nitrogen and oxygen atoms in total. The average Bonchev–Trinajstić information content (AvgIpc) is 2.95. The molecule has 0 unspecified atom stereocenters. The fraction of sp³-hybridized carbons (Fsp3) is 0.111. The summed E-state index contributed by atoms with van der Waals surface area (Å²) < 4.78 is 0. The average molecular weight is 382 g/mol. The van der Waals surface area contributed by atoms with Crippen LogP contribution in [-0.4, -0.2) is 40.0 Å². The lowest BCUT2D eigenvalue weighted by Crippen LogP contribution is -2.32. The molecule has 3 rings (SSSR count). The molecule has 2 aromatic carbocycles. The summed E-state index contributed by atoms with van der Waals surface area (Å²) in [5, 5.41) is 14.2. The maximum absolute atomic E-state index is 12.2. The third-order valence-corrected chi connectivity index (χ3v) is 4.02. The summed E-state index contributed by atoms with van der Waals surface area (Å²) in [6, 6.07) is 11.7. The van der Waals surface area contributed by atoms with Crippen LogP contribution in [0.5, 0.6) is 0 Å². The lowest BCUT2D eigenvalue weighted by molar-refractivity contribution is -0.384. The molecular formula is C18H14N4O6. The normalized spacial score (nSPS) is 13.4. The van der Waals surface area contributed by atoms with Crippen molar-refractivity contribution in [1.29, 1.82) is 0 Å². The van der Waals surface area contributed by atoms with Crippen LogP contribution in [-0.2, 0) is 9.63 Å². The van der Waals surface area contributed by atoms with Crippen LogP contribution >= 0.6 is 0 Å². The summed E-state index contributed by atoms with van der Waals surface area (Å²) in [6.07, 6.45) is -0.281. The predicted octanol–water partition coefficient (Wildman–Crippen LogP) is 1.44. The fourth-order valence-electron chi connectivity index (χ4n) is 2.62. The molecule has 1 heterocycles. The predicted molar refractivity (Wildman–Crippen MR) is 96.3 cm³/mol. The van der Waals surface area contributed by atoms with Crippen molar-refractivity contribution in [2.24, 2.45) is 10.9 Å². The zero-order valence-electron chi connectivity index (χ0n) is 14.4. The molecule has 0 spiro atoms. The van der Waals surface area contributed by atoms with Gasteiger partial charge in [0, 0.05) is 24.2 Å². The quantitative estimate of drug-likeness (QED) is 0.199. The highest BCUT2D eigenvalue weighted by atomic mass is 16.7. The van der Waals surface area contributed by atoms with Crippen molar-refractivity contribution in [3.63, 3.8) is 0 Å². The summed E-state index contributed by atoms with van der Waals surface area (Å²) in [5.74, 6) is -2.00. The van der Waals surface area contributed by atoms with Crippen LogP contribution in [0.2, 0.25) is 0 Å². The first-order valence-corrected chi connectivity index (χ1v) is 8.12. The largest absolute Gasteiger partial charge is 0.380 e. The van der Waals surface area contributed by atoms with Gasteiger partial charge in [0.2, 0.25) is 0 Å². The van der Waals surface area contributed by atoms with Gasteiger partial charge in [-0.3, -0.25) is 24.6 Å². The number of hydrogen-bond acceptors (Lipinski definition) is 7. The molecule has 0 saturated carbocycles. The minimum atomic E-state index is -0.815. The molecule has 1 aliphatic heterocycles. The maximum atomic E-state index is 12.2. The fourth-order valence-corrected chi connectivity index (χ4v) is 2.62. The monoisotopic (exact) mass is 382 g/mol. The standard InChI is InChI=1S/C18H14N4O6/c19-16(11-4-3-5-12(10-11)22(26)27)20-28-15(23)8-9-21-17(24)13-6-1-2-7-14(13)18(21)25/h1-7,10H,8-9H2,(H2,19,20). The number of nitro benzene ring substituents is 1. The Hall–Kier alpha value is -4.08. The van der Waals surface area contributed by atoms with Crippen LogP contribution < -0.4 is 5.73 Å². The van der Waals surface area contributed by atoms with E-state index in [2.05, 4.69) is 9.99 Å². The van der Waals surface area contributed by atoms with Gasteiger partial charge >= 0.3 is 5.97 Å². The van der Waals surface area contributed by atoms with Gasteiger partial charge in [0.25, 0.3) is 17.5 Å². The molecule has 0 aromatic heterocycles. The number of hydrogen-bond donors (Lipinski definition) is 1. The SMILES string of the molecule is NC(=NOC(=O)CCN1C(=O)c2ccccc2C1=O)c1cccc([N+](=O)[O-])c1. The Bertz CT molecular complexity index is 982. The van der Waals surface area contributed by atoms with Crippen molar-refractivity contribution < 1.29 is 24.1 Å². The second kappa shape index (κ2) is 7.66. The third-order valence-electron chi connectivity index (χ3n) is 4.02. The highest BCUT2D eigenvalue weighted by Crippen LogP contribution is 2.22. The summed E-state index contributed by atoms with van der Waals surface area (Å²) >= 11 is 0. The molecule has 0 saturated heterocycles. The number of amidine groups is 1. The number of oxime groups is 1. The maximum Gasteiger partial charge on any atom is 0.336 e. The Kier molecular flexibility index (Phi) is 5.12. The number of carbonyl (C=O) groups is 3. The van der Waals surface area contributed by atoms with Crippen molar-refractivity contribution >= 4 is 29.3 Å². The molecule has 0 fully saturated rings.